The van der Waals surface area contributed by atoms with Gasteiger partial charge in [0.2, 0.25) is 0 Å². The maximum atomic E-state index is 6.02. The maximum absolute atomic E-state index is 6.02. The largest absolute Gasteiger partial charge is 0.327 e. The summed E-state index contributed by atoms with van der Waals surface area (Å²) >= 11 is 0. The molecule has 0 aromatic rings. The van der Waals surface area contributed by atoms with Crippen LogP contribution in [0.15, 0.2) is 38.0 Å². The zero-order chi connectivity index (χ0) is 9.84. The van der Waals surface area contributed by atoms with Crippen LogP contribution in [0, 0.1) is 17.8 Å². The summed E-state index contributed by atoms with van der Waals surface area (Å²) in [4.78, 5) is 0. The van der Waals surface area contributed by atoms with Gasteiger partial charge in [0.1, 0.15) is 0 Å². The van der Waals surface area contributed by atoms with E-state index in [-0.39, 0.29) is 6.04 Å². The monoisotopic (exact) mass is 177 g/mol. The minimum absolute atomic E-state index is 0.247. The first kappa shape index (κ1) is 10.3. The number of rotatable bonds is 3. The van der Waals surface area contributed by atoms with E-state index in [9.17, 15) is 0 Å². The van der Waals surface area contributed by atoms with Crippen LogP contribution in [-0.4, -0.2) is 6.04 Å². The molecule has 0 spiro atoms. The van der Waals surface area contributed by atoms with Crippen molar-refractivity contribution in [2.75, 3.05) is 0 Å². The summed E-state index contributed by atoms with van der Waals surface area (Å²) < 4.78 is 0. The zero-order valence-electron chi connectivity index (χ0n) is 8.15. The summed E-state index contributed by atoms with van der Waals surface area (Å²) in [6.45, 7) is 11.5. The van der Waals surface area contributed by atoms with Crippen LogP contribution in [-0.2, 0) is 0 Å². The van der Waals surface area contributed by atoms with E-state index in [4.69, 9.17) is 5.73 Å². The summed E-state index contributed by atoms with van der Waals surface area (Å²) in [5.41, 5.74) is 6.02. The van der Waals surface area contributed by atoms with E-state index in [1.165, 1.54) is 0 Å². The average molecular weight is 177 g/mol. The van der Waals surface area contributed by atoms with Gasteiger partial charge in [0, 0.05) is 6.04 Å². The molecule has 1 aliphatic rings. The Bertz CT molecular complexity index is 207. The van der Waals surface area contributed by atoms with Crippen LogP contribution in [0.4, 0.5) is 0 Å². The summed E-state index contributed by atoms with van der Waals surface area (Å²) in [5, 5.41) is 0. The third kappa shape index (κ3) is 2.10. The number of nitrogens with two attached hydrogens (primary N) is 1. The fourth-order valence-electron chi connectivity index (χ4n) is 2.14. The van der Waals surface area contributed by atoms with Crippen LogP contribution in [0.3, 0.4) is 0 Å². The van der Waals surface area contributed by atoms with Crippen molar-refractivity contribution in [3.63, 3.8) is 0 Å². The SMILES string of the molecule is C=CC1C[C@H](C=C)C(N)C[C@@H]1C=C. The van der Waals surface area contributed by atoms with Gasteiger partial charge in [-0.15, -0.1) is 19.7 Å². The van der Waals surface area contributed by atoms with Crippen LogP contribution in [0.5, 0.6) is 0 Å². The molecule has 13 heavy (non-hydrogen) atoms. The van der Waals surface area contributed by atoms with Crippen LogP contribution in [0.25, 0.3) is 0 Å². The Balaban J connectivity index is 2.70. The molecule has 2 unspecified atom stereocenters. The minimum Gasteiger partial charge on any atom is -0.327 e. The first-order valence-electron chi connectivity index (χ1n) is 4.86. The second-order valence-corrected chi connectivity index (χ2v) is 3.83. The zero-order valence-corrected chi connectivity index (χ0v) is 8.15. The van der Waals surface area contributed by atoms with Gasteiger partial charge in [-0.05, 0) is 30.6 Å². The Labute approximate surface area is 81.0 Å². The van der Waals surface area contributed by atoms with Crippen molar-refractivity contribution >= 4 is 0 Å². The molecule has 0 saturated heterocycles. The van der Waals surface area contributed by atoms with E-state index in [0.717, 1.165) is 12.8 Å². The van der Waals surface area contributed by atoms with Crippen molar-refractivity contribution in [1.82, 2.24) is 0 Å². The van der Waals surface area contributed by atoms with Crippen LogP contribution < -0.4 is 5.73 Å². The van der Waals surface area contributed by atoms with E-state index in [1.54, 1.807) is 0 Å². The smallest absolute Gasteiger partial charge is 0.0108 e. The third-order valence-electron chi connectivity index (χ3n) is 3.10. The highest BCUT2D eigenvalue weighted by Gasteiger charge is 2.30. The fourth-order valence-corrected chi connectivity index (χ4v) is 2.14. The van der Waals surface area contributed by atoms with Gasteiger partial charge in [-0.2, -0.15) is 0 Å². The predicted octanol–water partition coefficient (Wildman–Crippen LogP) is 2.51. The lowest BCUT2D eigenvalue weighted by atomic mass is 9.72. The molecule has 4 atom stereocenters. The highest BCUT2D eigenvalue weighted by atomic mass is 14.7. The summed E-state index contributed by atoms with van der Waals surface area (Å²) in [6.07, 6.45) is 8.09. The lowest BCUT2D eigenvalue weighted by molar-refractivity contribution is 0.253. The van der Waals surface area contributed by atoms with E-state index < -0.39 is 0 Å². The van der Waals surface area contributed by atoms with Crippen molar-refractivity contribution in [2.45, 2.75) is 18.9 Å². The third-order valence-corrected chi connectivity index (χ3v) is 3.10. The van der Waals surface area contributed by atoms with Gasteiger partial charge in [0.25, 0.3) is 0 Å². The van der Waals surface area contributed by atoms with Gasteiger partial charge in [-0.3, -0.25) is 0 Å². The summed E-state index contributed by atoms with van der Waals surface area (Å²) in [7, 11) is 0. The molecular formula is C12H19N. The first-order valence-corrected chi connectivity index (χ1v) is 4.86. The van der Waals surface area contributed by atoms with Crippen molar-refractivity contribution in [3.05, 3.63) is 38.0 Å². The standard InChI is InChI=1S/C12H19N/c1-4-9-7-11(6-3)12(13)8-10(9)5-2/h4-6,9-12H,1-3,7-8,13H2/t9?,10-,11-,12?/m0/s1. The van der Waals surface area contributed by atoms with E-state index in [1.807, 2.05) is 18.2 Å². The minimum atomic E-state index is 0.247. The lowest BCUT2D eigenvalue weighted by Crippen LogP contribution is -2.38. The molecule has 1 heteroatoms. The Morgan fingerprint density at radius 3 is 1.77 bits per heavy atom. The van der Waals surface area contributed by atoms with Crippen molar-refractivity contribution in [2.24, 2.45) is 23.5 Å². The van der Waals surface area contributed by atoms with Gasteiger partial charge < -0.3 is 5.73 Å². The lowest BCUT2D eigenvalue weighted by Gasteiger charge is -2.36. The van der Waals surface area contributed by atoms with Crippen LogP contribution in [0.2, 0.25) is 0 Å². The second kappa shape index (κ2) is 4.43. The van der Waals surface area contributed by atoms with E-state index in [2.05, 4.69) is 19.7 Å². The molecule has 0 radical (unpaired) electrons. The van der Waals surface area contributed by atoms with Crippen LogP contribution in [0.1, 0.15) is 12.8 Å². The van der Waals surface area contributed by atoms with Crippen molar-refractivity contribution in [1.29, 1.82) is 0 Å². The normalized spacial score (nSPS) is 39.5. The Kier molecular flexibility index (Phi) is 3.49. The molecule has 0 heterocycles. The highest BCUT2D eigenvalue weighted by Crippen LogP contribution is 2.34. The Morgan fingerprint density at radius 2 is 1.31 bits per heavy atom. The molecule has 2 N–H and O–H groups in total. The van der Waals surface area contributed by atoms with Crippen LogP contribution >= 0.6 is 0 Å². The second-order valence-electron chi connectivity index (χ2n) is 3.83. The topological polar surface area (TPSA) is 26.0 Å². The van der Waals surface area contributed by atoms with Crippen molar-refractivity contribution in [3.8, 4) is 0 Å². The Morgan fingerprint density at radius 1 is 0.846 bits per heavy atom. The molecule has 1 saturated carbocycles. The molecule has 1 fully saturated rings. The van der Waals surface area contributed by atoms with Gasteiger partial charge in [-0.25, -0.2) is 0 Å². The number of hydrogen-bond acceptors (Lipinski definition) is 1. The maximum Gasteiger partial charge on any atom is 0.0108 e. The number of allylic oxidation sites excluding steroid dienone is 2. The summed E-state index contributed by atoms with van der Waals surface area (Å²) in [6, 6.07) is 0.247. The Hall–Kier alpha value is -0.820. The molecule has 1 nitrogen and oxygen atoms in total. The molecule has 0 bridgehead atoms. The average Bonchev–Trinajstić information content (AvgIpc) is 2.17. The molecule has 0 aromatic heterocycles. The van der Waals surface area contributed by atoms with Gasteiger partial charge in [0.05, 0.1) is 0 Å². The van der Waals surface area contributed by atoms with Crippen molar-refractivity contribution < 1.29 is 0 Å². The van der Waals surface area contributed by atoms with Gasteiger partial charge in [-0.1, -0.05) is 18.2 Å². The quantitative estimate of drug-likeness (QED) is 0.659. The van der Waals surface area contributed by atoms with E-state index in [0.29, 0.717) is 17.8 Å². The number of hydrogen-bond donors (Lipinski definition) is 1. The first-order chi connectivity index (χ1) is 6.22. The predicted molar refractivity (Wildman–Crippen MR) is 58.3 cm³/mol. The molecule has 0 aromatic carbocycles. The van der Waals surface area contributed by atoms with Gasteiger partial charge >= 0.3 is 0 Å². The molecule has 0 amide bonds. The summed E-state index contributed by atoms with van der Waals surface area (Å²) in [5.74, 6) is 1.48. The highest BCUT2D eigenvalue weighted by molar-refractivity contribution is 5.04. The fraction of sp³-hybridized carbons (Fsp3) is 0.500. The molecule has 1 aliphatic carbocycles. The molecule has 1 rings (SSSR count). The molecular weight excluding hydrogens is 158 g/mol. The van der Waals surface area contributed by atoms with Gasteiger partial charge in [0.15, 0.2) is 0 Å². The molecule has 72 valence electrons. The molecule has 0 aliphatic heterocycles. The van der Waals surface area contributed by atoms with E-state index >= 15 is 0 Å².